The number of carbonyl (C=O) groups excluding carboxylic acids is 1. The SMILES string of the molecule is CC=C(C(=O)c1cnn(-c2ccc(OC3=CC=CC(C)(F)C=C3)cc2C)c1N)N(C)S(=O)(=O)c1ccccc1. The molecule has 0 fully saturated rings. The number of carbonyl (C=O) groups is 1. The Kier molecular flexibility index (Phi) is 7.60. The van der Waals surface area contributed by atoms with Gasteiger partial charge in [-0.1, -0.05) is 30.4 Å². The van der Waals surface area contributed by atoms with E-state index < -0.39 is 21.5 Å². The van der Waals surface area contributed by atoms with E-state index in [4.69, 9.17) is 10.5 Å². The summed E-state index contributed by atoms with van der Waals surface area (Å²) in [5.41, 5.74) is 6.14. The number of nitrogen functional groups attached to an aromatic ring is 1. The average molecular weight is 549 g/mol. The predicted octanol–water partition coefficient (Wildman–Crippen LogP) is 5.29. The number of hydrogen-bond donors (Lipinski definition) is 1. The lowest BCUT2D eigenvalue weighted by Crippen LogP contribution is -2.30. The van der Waals surface area contributed by atoms with Crippen molar-refractivity contribution in [3.63, 3.8) is 0 Å². The molecule has 0 amide bonds. The van der Waals surface area contributed by atoms with Crippen molar-refractivity contribution in [1.82, 2.24) is 14.1 Å². The summed E-state index contributed by atoms with van der Waals surface area (Å²) in [5.74, 6) is 0.470. The number of sulfonamides is 1. The van der Waals surface area contributed by atoms with Gasteiger partial charge in [0.2, 0.25) is 5.78 Å². The molecule has 2 N–H and O–H groups in total. The number of Topliss-reactive ketones (excluding diaryl/α,β-unsaturated/α-hetero) is 1. The molecule has 1 aliphatic rings. The fourth-order valence-corrected chi connectivity index (χ4v) is 5.28. The van der Waals surface area contributed by atoms with Gasteiger partial charge in [-0.15, -0.1) is 0 Å². The van der Waals surface area contributed by atoms with Crippen molar-refractivity contribution < 1.29 is 22.3 Å². The van der Waals surface area contributed by atoms with Crippen molar-refractivity contribution in [3.05, 3.63) is 114 Å². The van der Waals surface area contributed by atoms with Crippen LogP contribution in [0.2, 0.25) is 0 Å². The third-order valence-electron chi connectivity index (χ3n) is 6.19. The number of anilines is 1. The molecule has 1 aromatic heterocycles. The third-order valence-corrected chi connectivity index (χ3v) is 7.97. The Bertz CT molecular complexity index is 1630. The molecule has 1 unspecified atom stereocenters. The van der Waals surface area contributed by atoms with Gasteiger partial charge in [0.1, 0.15) is 23.0 Å². The number of nitrogens with two attached hydrogens (primary N) is 1. The average Bonchev–Trinajstić information content (AvgIpc) is 3.19. The second-order valence-electron chi connectivity index (χ2n) is 9.11. The molecule has 0 spiro atoms. The van der Waals surface area contributed by atoms with Crippen LogP contribution in [0.4, 0.5) is 10.2 Å². The maximum Gasteiger partial charge on any atom is 0.264 e. The van der Waals surface area contributed by atoms with Crippen LogP contribution in [0.25, 0.3) is 5.69 Å². The molecule has 1 heterocycles. The molecule has 0 saturated heterocycles. The van der Waals surface area contributed by atoms with Gasteiger partial charge in [-0.2, -0.15) is 5.10 Å². The van der Waals surface area contributed by atoms with Gasteiger partial charge in [0, 0.05) is 7.05 Å². The zero-order chi connectivity index (χ0) is 28.4. The standard InChI is InChI=1S/C29H29FN4O4S/c1-5-25(33(4)39(36,37)23-11-7-6-8-12-23)27(35)24-19-32-34(28(24)31)26-14-13-22(18-20(26)2)38-21-10-9-16-29(3,30)17-15-21/h5-19H,31H2,1-4H3. The first-order valence-electron chi connectivity index (χ1n) is 12.1. The lowest BCUT2D eigenvalue weighted by molar-refractivity contribution is 0.101. The summed E-state index contributed by atoms with van der Waals surface area (Å²) in [6, 6.07) is 13.1. The Balaban J connectivity index is 1.58. The zero-order valence-electron chi connectivity index (χ0n) is 22.0. The summed E-state index contributed by atoms with van der Waals surface area (Å²) in [6.45, 7) is 4.86. The molecule has 0 radical (unpaired) electrons. The third kappa shape index (κ3) is 5.70. The van der Waals surface area contributed by atoms with E-state index in [1.165, 1.54) is 55.2 Å². The number of alkyl halides is 1. The monoisotopic (exact) mass is 548 g/mol. The van der Waals surface area contributed by atoms with Crippen LogP contribution < -0.4 is 10.5 Å². The molecule has 1 atom stereocenters. The Hall–Kier alpha value is -4.44. The predicted molar refractivity (Wildman–Crippen MR) is 149 cm³/mol. The highest BCUT2D eigenvalue weighted by atomic mass is 32.2. The summed E-state index contributed by atoms with van der Waals surface area (Å²) in [7, 11) is -2.64. The number of aromatic nitrogens is 2. The van der Waals surface area contributed by atoms with Crippen LogP contribution in [0, 0.1) is 6.92 Å². The number of benzene rings is 2. The second kappa shape index (κ2) is 10.7. The molecule has 4 rings (SSSR count). The minimum absolute atomic E-state index is 0.0587. The summed E-state index contributed by atoms with van der Waals surface area (Å²) < 4.78 is 48.6. The van der Waals surface area contributed by atoms with Crippen LogP contribution in [0.1, 0.15) is 29.8 Å². The molecule has 39 heavy (non-hydrogen) atoms. The largest absolute Gasteiger partial charge is 0.457 e. The Morgan fingerprint density at radius 1 is 1.18 bits per heavy atom. The number of halogens is 1. The number of hydrogen-bond acceptors (Lipinski definition) is 6. The second-order valence-corrected chi connectivity index (χ2v) is 11.1. The van der Waals surface area contributed by atoms with E-state index in [-0.39, 0.29) is 22.0 Å². The smallest absolute Gasteiger partial charge is 0.264 e. The number of likely N-dealkylation sites (N-methyl/N-ethyl adjacent to an activating group) is 1. The lowest BCUT2D eigenvalue weighted by Gasteiger charge is -2.21. The Morgan fingerprint density at radius 3 is 2.56 bits per heavy atom. The van der Waals surface area contributed by atoms with Crippen molar-refractivity contribution in [3.8, 4) is 11.4 Å². The topological polar surface area (TPSA) is 108 Å². The first-order chi connectivity index (χ1) is 18.4. The van der Waals surface area contributed by atoms with Crippen LogP contribution in [0.5, 0.6) is 5.75 Å². The molecule has 1 aliphatic carbocycles. The number of ketones is 1. The molecule has 0 bridgehead atoms. The summed E-state index contributed by atoms with van der Waals surface area (Å²) >= 11 is 0. The molecular formula is C29H29FN4O4S. The number of rotatable bonds is 8. The first kappa shape index (κ1) is 27.6. The molecule has 0 saturated carbocycles. The molecule has 0 aliphatic heterocycles. The highest BCUT2D eigenvalue weighted by Gasteiger charge is 2.29. The molecular weight excluding hydrogens is 519 g/mol. The van der Waals surface area contributed by atoms with E-state index in [0.29, 0.717) is 17.2 Å². The lowest BCUT2D eigenvalue weighted by atomic mass is 10.1. The minimum Gasteiger partial charge on any atom is -0.457 e. The normalized spacial score (nSPS) is 17.5. The van der Waals surface area contributed by atoms with Crippen molar-refractivity contribution >= 4 is 21.6 Å². The van der Waals surface area contributed by atoms with Gasteiger partial charge >= 0.3 is 0 Å². The number of nitrogens with zero attached hydrogens (tertiary/aromatic N) is 3. The van der Waals surface area contributed by atoms with E-state index in [2.05, 4.69) is 5.10 Å². The maximum atomic E-state index is 14.2. The molecule has 2 aromatic carbocycles. The van der Waals surface area contributed by atoms with E-state index >= 15 is 0 Å². The number of ether oxygens (including phenoxy) is 1. The van der Waals surface area contributed by atoms with Gasteiger partial charge in [0.15, 0.2) is 0 Å². The van der Waals surface area contributed by atoms with Crippen LogP contribution in [-0.4, -0.2) is 41.0 Å². The fourth-order valence-electron chi connectivity index (χ4n) is 4.02. The van der Waals surface area contributed by atoms with E-state index in [0.717, 1.165) is 9.87 Å². The first-order valence-corrected chi connectivity index (χ1v) is 13.5. The van der Waals surface area contributed by atoms with E-state index in [1.54, 1.807) is 61.5 Å². The maximum absolute atomic E-state index is 14.2. The van der Waals surface area contributed by atoms with Crippen molar-refractivity contribution in [1.29, 1.82) is 0 Å². The summed E-state index contributed by atoms with van der Waals surface area (Å²) in [4.78, 5) is 13.5. The van der Waals surface area contributed by atoms with Crippen LogP contribution in [-0.2, 0) is 10.0 Å². The van der Waals surface area contributed by atoms with Gasteiger partial charge in [-0.25, -0.2) is 17.5 Å². The molecule has 3 aromatic rings. The molecule has 202 valence electrons. The highest BCUT2D eigenvalue weighted by Crippen LogP contribution is 2.28. The summed E-state index contributed by atoms with van der Waals surface area (Å²) in [6.07, 6.45) is 10.4. The highest BCUT2D eigenvalue weighted by molar-refractivity contribution is 7.89. The van der Waals surface area contributed by atoms with Crippen molar-refractivity contribution in [2.45, 2.75) is 31.3 Å². The number of aryl methyl sites for hydroxylation is 1. The summed E-state index contributed by atoms with van der Waals surface area (Å²) in [5, 5.41) is 4.30. The van der Waals surface area contributed by atoms with Gasteiger partial charge in [-0.3, -0.25) is 9.10 Å². The molecule has 8 nitrogen and oxygen atoms in total. The molecule has 10 heteroatoms. The quantitative estimate of drug-likeness (QED) is 0.303. The van der Waals surface area contributed by atoms with Crippen molar-refractivity contribution in [2.24, 2.45) is 0 Å². The Morgan fingerprint density at radius 2 is 1.90 bits per heavy atom. The van der Waals surface area contributed by atoms with E-state index in [1.807, 2.05) is 6.92 Å². The van der Waals surface area contributed by atoms with Gasteiger partial charge in [0.25, 0.3) is 10.0 Å². The van der Waals surface area contributed by atoms with E-state index in [9.17, 15) is 17.6 Å². The van der Waals surface area contributed by atoms with Gasteiger partial charge < -0.3 is 10.5 Å². The van der Waals surface area contributed by atoms with Gasteiger partial charge in [-0.05, 0) is 81.0 Å². The minimum atomic E-state index is -3.97. The van der Waals surface area contributed by atoms with Crippen LogP contribution in [0.3, 0.4) is 0 Å². The zero-order valence-corrected chi connectivity index (χ0v) is 22.8. The van der Waals surface area contributed by atoms with Crippen LogP contribution in [0.15, 0.2) is 108 Å². The number of allylic oxidation sites excluding steroid dienone is 7. The van der Waals surface area contributed by atoms with Crippen molar-refractivity contribution in [2.75, 3.05) is 12.8 Å². The Labute approximate surface area is 227 Å². The van der Waals surface area contributed by atoms with Gasteiger partial charge in [0.05, 0.1) is 28.0 Å². The van der Waals surface area contributed by atoms with Crippen LogP contribution >= 0.6 is 0 Å². The fraction of sp³-hybridized carbons (Fsp3) is 0.172.